The maximum absolute atomic E-state index is 14.7. The van der Waals surface area contributed by atoms with Crippen LogP contribution in [-0.4, -0.2) is 35.0 Å². The van der Waals surface area contributed by atoms with Gasteiger partial charge in [-0.15, -0.1) is 0 Å². The molecule has 4 saturated carbocycles. The third-order valence-electron chi connectivity index (χ3n) is 5.05. The van der Waals surface area contributed by atoms with Crippen LogP contribution in [-0.2, 0) is 4.79 Å². The summed E-state index contributed by atoms with van der Waals surface area (Å²) >= 11 is 0. The van der Waals surface area contributed by atoms with Crippen LogP contribution in [0.2, 0.25) is 0 Å². The molecule has 0 spiro atoms. The first-order valence-electron chi connectivity index (χ1n) is 6.84. The molecule has 0 radical (unpaired) electrons. The van der Waals surface area contributed by atoms with Crippen molar-refractivity contribution in [3.05, 3.63) is 0 Å². The largest absolute Gasteiger partial charge is 0.280 e. The molecule has 4 aliphatic carbocycles. The van der Waals surface area contributed by atoms with Crippen molar-refractivity contribution in [2.75, 3.05) is 6.67 Å². The third kappa shape index (κ3) is 1.53. The molecule has 1 amide bonds. The molecule has 0 aromatic heterocycles. The molecule has 2 atom stereocenters. The van der Waals surface area contributed by atoms with Crippen LogP contribution >= 0.6 is 0 Å². The van der Waals surface area contributed by atoms with Crippen molar-refractivity contribution < 1.29 is 9.18 Å². The van der Waals surface area contributed by atoms with Gasteiger partial charge in [0.05, 0.1) is 6.21 Å². The Hall–Kier alpha value is -0.970. The second kappa shape index (κ2) is 3.32. The number of amides is 1. The van der Waals surface area contributed by atoms with Crippen LogP contribution in [0.4, 0.5) is 4.39 Å². The predicted molar refractivity (Wildman–Crippen MR) is 64.6 cm³/mol. The van der Waals surface area contributed by atoms with Gasteiger partial charge in [-0.25, -0.2) is 9.82 Å². The minimum Gasteiger partial charge on any atom is -0.266 e. The second-order valence-corrected chi connectivity index (χ2v) is 6.72. The molecule has 4 fully saturated rings. The highest BCUT2D eigenvalue weighted by atomic mass is 19.1. The van der Waals surface area contributed by atoms with Gasteiger partial charge < -0.3 is 0 Å². The summed E-state index contributed by atoms with van der Waals surface area (Å²) < 4.78 is 14.7. The first kappa shape index (κ1) is 10.9. The number of carbonyl (C=O) groups excluding carboxylic acids is 1. The van der Waals surface area contributed by atoms with Crippen LogP contribution in [0.1, 0.15) is 38.5 Å². The number of nitrogens with one attached hydrogen (secondary N) is 1. The second-order valence-electron chi connectivity index (χ2n) is 6.72. The number of hydrogen-bond donors (Lipinski definition) is 1. The number of halogens is 1. The van der Waals surface area contributed by atoms with Crippen molar-refractivity contribution in [1.82, 2.24) is 10.4 Å². The van der Waals surface area contributed by atoms with Gasteiger partial charge in [-0.05, 0) is 43.9 Å². The minimum atomic E-state index is -0.985. The standard InChI is InChI=1S/C13H18FN3O/c14-12-2-9-1-10(3-12)5-13(4-9,7-12)16-17-8-15-6-11(17)18/h6,9-10,16H,1-5,7-8H2. The van der Waals surface area contributed by atoms with E-state index in [1.165, 1.54) is 12.6 Å². The maximum Gasteiger partial charge on any atom is 0.280 e. The molecule has 1 aliphatic heterocycles. The van der Waals surface area contributed by atoms with E-state index in [-0.39, 0.29) is 11.4 Å². The summed E-state index contributed by atoms with van der Waals surface area (Å²) in [5.74, 6) is 0.906. The van der Waals surface area contributed by atoms with Gasteiger partial charge in [-0.3, -0.25) is 14.8 Å². The van der Waals surface area contributed by atoms with E-state index in [9.17, 15) is 9.18 Å². The first-order chi connectivity index (χ1) is 8.56. The fraction of sp³-hybridized carbons (Fsp3) is 0.846. The van der Waals surface area contributed by atoms with Gasteiger partial charge in [0.1, 0.15) is 12.3 Å². The molecule has 1 N–H and O–H groups in total. The summed E-state index contributed by atoms with van der Waals surface area (Å²) in [5, 5.41) is 1.55. The first-order valence-corrected chi connectivity index (χ1v) is 6.84. The lowest BCUT2D eigenvalue weighted by Gasteiger charge is -2.59. The highest BCUT2D eigenvalue weighted by molar-refractivity contribution is 6.27. The summed E-state index contributed by atoms with van der Waals surface area (Å²) in [4.78, 5) is 15.6. The Bertz CT molecular complexity index is 422. The maximum atomic E-state index is 14.7. The van der Waals surface area contributed by atoms with Gasteiger partial charge in [-0.1, -0.05) is 0 Å². The molecule has 0 saturated heterocycles. The monoisotopic (exact) mass is 251 g/mol. The molecule has 0 aromatic rings. The molecule has 98 valence electrons. The van der Waals surface area contributed by atoms with Gasteiger partial charge >= 0.3 is 0 Å². The summed E-state index contributed by atoms with van der Waals surface area (Å²) in [7, 11) is 0. The minimum absolute atomic E-state index is 0.0985. The van der Waals surface area contributed by atoms with E-state index in [4.69, 9.17) is 0 Å². The Morgan fingerprint density at radius 3 is 2.61 bits per heavy atom. The molecule has 4 bridgehead atoms. The quantitative estimate of drug-likeness (QED) is 0.806. The number of hydrazine groups is 1. The Kier molecular flexibility index (Phi) is 2.01. The summed E-state index contributed by atoms with van der Waals surface area (Å²) in [5.41, 5.74) is 2.14. The van der Waals surface area contributed by atoms with Crippen LogP contribution in [0, 0.1) is 11.8 Å². The van der Waals surface area contributed by atoms with Gasteiger partial charge in [0, 0.05) is 12.0 Å². The van der Waals surface area contributed by atoms with E-state index in [1.54, 1.807) is 5.01 Å². The number of carbonyl (C=O) groups is 1. The average molecular weight is 251 g/mol. The van der Waals surface area contributed by atoms with Crippen LogP contribution < -0.4 is 5.43 Å². The van der Waals surface area contributed by atoms with Gasteiger partial charge in [0.25, 0.3) is 5.91 Å². The zero-order chi connectivity index (χ0) is 12.4. The SMILES string of the molecule is O=C1C=NCN1NC12CC3CC(CC(F)(C3)C1)C2. The fourth-order valence-electron chi connectivity index (χ4n) is 5.00. The van der Waals surface area contributed by atoms with Crippen molar-refractivity contribution >= 4 is 12.1 Å². The van der Waals surface area contributed by atoms with Crippen LogP contribution in [0.3, 0.4) is 0 Å². The van der Waals surface area contributed by atoms with Crippen molar-refractivity contribution in [2.45, 2.75) is 49.7 Å². The van der Waals surface area contributed by atoms with E-state index >= 15 is 0 Å². The molecule has 1 heterocycles. The number of rotatable bonds is 2. The summed E-state index contributed by atoms with van der Waals surface area (Å²) in [6, 6.07) is 0. The highest BCUT2D eigenvalue weighted by Crippen LogP contribution is 2.59. The topological polar surface area (TPSA) is 44.7 Å². The van der Waals surface area contributed by atoms with Crippen LogP contribution in [0.25, 0.3) is 0 Å². The molecular weight excluding hydrogens is 233 g/mol. The zero-order valence-electron chi connectivity index (χ0n) is 10.4. The van der Waals surface area contributed by atoms with Crippen LogP contribution in [0.5, 0.6) is 0 Å². The van der Waals surface area contributed by atoms with E-state index in [0.717, 1.165) is 25.7 Å². The Morgan fingerprint density at radius 1 is 1.33 bits per heavy atom. The van der Waals surface area contributed by atoms with Crippen LogP contribution in [0.15, 0.2) is 4.99 Å². The van der Waals surface area contributed by atoms with Crippen molar-refractivity contribution in [1.29, 1.82) is 0 Å². The smallest absolute Gasteiger partial charge is 0.266 e. The molecule has 5 rings (SSSR count). The van der Waals surface area contributed by atoms with Crippen molar-refractivity contribution in [3.63, 3.8) is 0 Å². The van der Waals surface area contributed by atoms with E-state index < -0.39 is 5.67 Å². The van der Waals surface area contributed by atoms with Gasteiger partial charge in [-0.2, -0.15) is 0 Å². The lowest BCUT2D eigenvalue weighted by atomic mass is 9.52. The average Bonchev–Trinajstić information content (AvgIpc) is 2.59. The summed E-state index contributed by atoms with van der Waals surface area (Å²) in [6.07, 6.45) is 6.59. The number of nitrogens with zero attached hydrogens (tertiary/aromatic N) is 2. The van der Waals surface area contributed by atoms with Crippen molar-refractivity contribution in [3.8, 4) is 0 Å². The normalized spacial score (nSPS) is 49.4. The predicted octanol–water partition coefficient (Wildman–Crippen LogP) is 1.42. The van der Waals surface area contributed by atoms with Gasteiger partial charge in [0.2, 0.25) is 0 Å². The molecule has 2 unspecified atom stereocenters. The van der Waals surface area contributed by atoms with E-state index in [1.807, 2.05) is 0 Å². The van der Waals surface area contributed by atoms with Crippen molar-refractivity contribution in [2.24, 2.45) is 16.8 Å². The fourth-order valence-corrected chi connectivity index (χ4v) is 5.00. The number of alkyl halides is 1. The molecule has 0 aromatic carbocycles. The van der Waals surface area contributed by atoms with E-state index in [0.29, 0.717) is 24.9 Å². The molecule has 5 heteroatoms. The lowest BCUT2D eigenvalue weighted by Crippen LogP contribution is -2.66. The number of aliphatic imine (C=N–C) groups is 1. The Balaban J connectivity index is 1.58. The lowest BCUT2D eigenvalue weighted by molar-refractivity contribution is -0.140. The Labute approximate surface area is 106 Å². The molecule has 4 nitrogen and oxygen atoms in total. The zero-order valence-corrected chi connectivity index (χ0v) is 10.4. The van der Waals surface area contributed by atoms with E-state index in [2.05, 4.69) is 10.4 Å². The highest BCUT2D eigenvalue weighted by Gasteiger charge is 2.59. The van der Waals surface area contributed by atoms with Gasteiger partial charge in [0.15, 0.2) is 0 Å². The third-order valence-corrected chi connectivity index (χ3v) is 5.05. The number of hydrogen-bond acceptors (Lipinski definition) is 3. The molecule has 18 heavy (non-hydrogen) atoms. The Morgan fingerprint density at radius 2 is 2.06 bits per heavy atom. The summed E-state index contributed by atoms with van der Waals surface area (Å²) in [6.45, 7) is 0.370. The molecular formula is C13H18FN3O. The molecule has 5 aliphatic rings.